The highest BCUT2D eigenvalue weighted by atomic mass is 32.2. The van der Waals surface area contributed by atoms with Crippen molar-refractivity contribution in [1.29, 1.82) is 0 Å². The van der Waals surface area contributed by atoms with Crippen LogP contribution in [-0.2, 0) is 21.8 Å². The lowest BCUT2D eigenvalue weighted by Crippen LogP contribution is -2.32. The number of benzene rings is 2. The molecule has 162 valence electrons. The molecule has 31 heavy (non-hydrogen) atoms. The normalized spacial score (nSPS) is 16.4. The van der Waals surface area contributed by atoms with Gasteiger partial charge in [0.25, 0.3) is 5.91 Å². The van der Waals surface area contributed by atoms with Crippen LogP contribution in [0, 0.1) is 0 Å². The summed E-state index contributed by atoms with van der Waals surface area (Å²) in [7, 11) is -1.91. The van der Waals surface area contributed by atoms with Crippen LogP contribution in [0.3, 0.4) is 0 Å². The number of sulfonamides is 1. The fraction of sp³-hybridized carbons (Fsp3) is 0.286. The summed E-state index contributed by atoms with van der Waals surface area (Å²) in [6.07, 6.45) is 3.25. The summed E-state index contributed by atoms with van der Waals surface area (Å²) < 4.78 is 35.0. The molecule has 1 aliphatic rings. The van der Waals surface area contributed by atoms with Crippen LogP contribution in [0.25, 0.3) is 11.4 Å². The minimum absolute atomic E-state index is 0.0333. The minimum atomic E-state index is -3.75. The van der Waals surface area contributed by atoms with Crippen LogP contribution in [0.4, 0.5) is 5.69 Å². The van der Waals surface area contributed by atoms with Crippen LogP contribution in [0.5, 0.6) is 0 Å². The summed E-state index contributed by atoms with van der Waals surface area (Å²) in [5.74, 6) is 0.257. The molecule has 2 aromatic carbocycles. The Morgan fingerprint density at radius 1 is 1.23 bits per heavy atom. The van der Waals surface area contributed by atoms with E-state index in [0.717, 1.165) is 18.4 Å². The number of anilines is 1. The van der Waals surface area contributed by atoms with E-state index in [-0.39, 0.29) is 23.1 Å². The van der Waals surface area contributed by atoms with E-state index in [4.69, 9.17) is 4.74 Å². The van der Waals surface area contributed by atoms with Crippen LogP contribution >= 0.6 is 0 Å². The Morgan fingerprint density at radius 2 is 2.06 bits per heavy atom. The number of amides is 1. The highest BCUT2D eigenvalue weighted by molar-refractivity contribution is 7.89. The Balaban J connectivity index is 1.48. The van der Waals surface area contributed by atoms with Gasteiger partial charge in [-0.1, -0.05) is 18.2 Å². The van der Waals surface area contributed by atoms with Crippen molar-refractivity contribution in [2.24, 2.45) is 7.05 Å². The molecule has 3 aromatic rings. The summed E-state index contributed by atoms with van der Waals surface area (Å²) in [5, 5.41) is 10.7. The maximum atomic E-state index is 12.7. The average molecular weight is 442 g/mol. The summed E-state index contributed by atoms with van der Waals surface area (Å²) in [6, 6.07) is 13.1. The molecule has 0 aliphatic carbocycles. The number of aromatic nitrogens is 3. The van der Waals surface area contributed by atoms with Crippen LogP contribution in [0.1, 0.15) is 23.2 Å². The second kappa shape index (κ2) is 8.96. The molecule has 2 N–H and O–H groups in total. The summed E-state index contributed by atoms with van der Waals surface area (Å²) >= 11 is 0. The van der Waals surface area contributed by atoms with Crippen LogP contribution in [-0.4, -0.2) is 48.3 Å². The second-order valence-corrected chi connectivity index (χ2v) is 9.08. The molecular formula is C21H23N5O4S. The first-order valence-corrected chi connectivity index (χ1v) is 11.4. The van der Waals surface area contributed by atoms with Crippen molar-refractivity contribution in [3.63, 3.8) is 0 Å². The lowest BCUT2D eigenvalue weighted by Gasteiger charge is -2.12. The number of carbonyl (C=O) groups excluding carboxylic acids is 1. The second-order valence-electron chi connectivity index (χ2n) is 7.32. The maximum Gasteiger partial charge on any atom is 0.255 e. The van der Waals surface area contributed by atoms with E-state index in [1.165, 1.54) is 12.1 Å². The van der Waals surface area contributed by atoms with Gasteiger partial charge in [-0.05, 0) is 43.2 Å². The van der Waals surface area contributed by atoms with Crippen molar-refractivity contribution in [2.45, 2.75) is 23.8 Å². The van der Waals surface area contributed by atoms with E-state index in [1.807, 2.05) is 13.1 Å². The molecule has 0 spiro atoms. The quantitative estimate of drug-likeness (QED) is 0.581. The smallest absolute Gasteiger partial charge is 0.255 e. The third kappa shape index (κ3) is 4.98. The topological polar surface area (TPSA) is 115 Å². The lowest BCUT2D eigenvalue weighted by molar-refractivity contribution is 0.102. The van der Waals surface area contributed by atoms with E-state index < -0.39 is 15.9 Å². The number of hydrogen-bond donors (Lipinski definition) is 2. The van der Waals surface area contributed by atoms with E-state index in [1.54, 1.807) is 41.2 Å². The van der Waals surface area contributed by atoms with E-state index in [0.29, 0.717) is 18.1 Å². The van der Waals surface area contributed by atoms with Gasteiger partial charge in [-0.2, -0.15) is 0 Å². The monoisotopic (exact) mass is 441 g/mol. The predicted octanol–water partition coefficient (Wildman–Crippen LogP) is 2.19. The van der Waals surface area contributed by atoms with Crippen molar-refractivity contribution < 1.29 is 17.9 Å². The first-order chi connectivity index (χ1) is 14.9. The lowest BCUT2D eigenvalue weighted by atomic mass is 10.1. The molecule has 0 unspecified atom stereocenters. The van der Waals surface area contributed by atoms with Gasteiger partial charge in [0, 0.05) is 37.0 Å². The molecular weight excluding hydrogens is 418 g/mol. The van der Waals surface area contributed by atoms with Gasteiger partial charge in [0.1, 0.15) is 6.33 Å². The molecule has 1 aliphatic heterocycles. The largest absolute Gasteiger partial charge is 0.377 e. The summed E-state index contributed by atoms with van der Waals surface area (Å²) in [4.78, 5) is 12.8. The summed E-state index contributed by atoms with van der Waals surface area (Å²) in [5.41, 5.74) is 1.60. The van der Waals surface area contributed by atoms with Crippen molar-refractivity contribution in [3.8, 4) is 11.4 Å². The van der Waals surface area contributed by atoms with Gasteiger partial charge in [-0.3, -0.25) is 4.79 Å². The standard InChI is InChI=1S/C21H23N5O4S/c1-26-14-22-25-20(26)15-5-2-7-17(11-15)24-21(27)16-6-3-9-19(12-16)31(28,29)23-13-18-8-4-10-30-18/h2-3,5-7,9,11-12,14,18,23H,4,8,10,13H2,1H3,(H,24,27)/t18-/m0/s1. The predicted molar refractivity (Wildman–Crippen MR) is 115 cm³/mol. The van der Waals surface area contributed by atoms with Gasteiger partial charge in [0.15, 0.2) is 5.82 Å². The number of nitrogens with zero attached hydrogens (tertiary/aromatic N) is 3. The molecule has 1 amide bonds. The first-order valence-electron chi connectivity index (χ1n) is 9.89. The Labute approximate surface area is 180 Å². The molecule has 0 saturated carbocycles. The fourth-order valence-corrected chi connectivity index (χ4v) is 4.49. The Hall–Kier alpha value is -3.08. The Morgan fingerprint density at radius 3 is 2.81 bits per heavy atom. The zero-order chi connectivity index (χ0) is 21.8. The molecule has 0 bridgehead atoms. The third-order valence-electron chi connectivity index (χ3n) is 5.02. The Bertz CT molecular complexity index is 1190. The van der Waals surface area contributed by atoms with Gasteiger partial charge in [0.2, 0.25) is 10.0 Å². The van der Waals surface area contributed by atoms with E-state index in [9.17, 15) is 13.2 Å². The van der Waals surface area contributed by atoms with Crippen LogP contribution in [0.15, 0.2) is 59.8 Å². The molecule has 10 heteroatoms. The molecule has 4 rings (SSSR count). The number of carbonyl (C=O) groups is 1. The highest BCUT2D eigenvalue weighted by Gasteiger charge is 2.21. The van der Waals surface area contributed by atoms with Gasteiger partial charge >= 0.3 is 0 Å². The molecule has 9 nitrogen and oxygen atoms in total. The van der Waals surface area contributed by atoms with Crippen molar-refractivity contribution in [3.05, 3.63) is 60.4 Å². The van der Waals surface area contributed by atoms with E-state index >= 15 is 0 Å². The van der Waals surface area contributed by atoms with Crippen molar-refractivity contribution in [1.82, 2.24) is 19.5 Å². The van der Waals surface area contributed by atoms with Crippen LogP contribution < -0.4 is 10.0 Å². The van der Waals surface area contributed by atoms with Crippen LogP contribution in [0.2, 0.25) is 0 Å². The number of hydrogen-bond acceptors (Lipinski definition) is 6. The zero-order valence-corrected chi connectivity index (χ0v) is 17.8. The van der Waals surface area contributed by atoms with Gasteiger partial charge in [0.05, 0.1) is 11.0 Å². The SMILES string of the molecule is Cn1cnnc1-c1cccc(NC(=O)c2cccc(S(=O)(=O)NC[C@@H]3CCCO3)c2)c1. The summed E-state index contributed by atoms with van der Waals surface area (Å²) in [6.45, 7) is 0.869. The molecule has 2 heterocycles. The molecule has 0 radical (unpaired) electrons. The van der Waals surface area contributed by atoms with Gasteiger partial charge in [-0.25, -0.2) is 13.1 Å². The fourth-order valence-electron chi connectivity index (χ4n) is 3.38. The maximum absolute atomic E-state index is 12.7. The highest BCUT2D eigenvalue weighted by Crippen LogP contribution is 2.21. The number of nitrogens with one attached hydrogen (secondary N) is 2. The van der Waals surface area contributed by atoms with Crippen molar-refractivity contribution in [2.75, 3.05) is 18.5 Å². The van der Waals surface area contributed by atoms with Gasteiger partial charge in [-0.15, -0.1) is 10.2 Å². The molecule has 1 aromatic heterocycles. The minimum Gasteiger partial charge on any atom is -0.377 e. The molecule has 1 atom stereocenters. The third-order valence-corrected chi connectivity index (χ3v) is 6.44. The molecule has 1 saturated heterocycles. The van der Waals surface area contributed by atoms with Gasteiger partial charge < -0.3 is 14.6 Å². The van der Waals surface area contributed by atoms with E-state index in [2.05, 4.69) is 20.2 Å². The number of rotatable bonds is 7. The number of aryl methyl sites for hydroxylation is 1. The zero-order valence-electron chi connectivity index (χ0n) is 17.0. The molecule has 1 fully saturated rings. The first kappa shape index (κ1) is 21.2. The van der Waals surface area contributed by atoms with Crippen molar-refractivity contribution >= 4 is 21.6 Å². The Kier molecular flexibility index (Phi) is 6.12. The average Bonchev–Trinajstić information content (AvgIpc) is 3.44. The number of ether oxygens (including phenoxy) is 1.